The monoisotopic (exact) mass is 287 g/mol. The Labute approximate surface area is 114 Å². The zero-order valence-corrected chi connectivity index (χ0v) is 12.4. The second kappa shape index (κ2) is 5.10. The van der Waals surface area contributed by atoms with Crippen molar-refractivity contribution in [1.82, 2.24) is 18.8 Å². The highest BCUT2D eigenvalue weighted by atomic mass is 32.2. The van der Waals surface area contributed by atoms with Crippen molar-refractivity contribution in [3.63, 3.8) is 0 Å². The molecule has 2 heterocycles. The molecule has 1 aliphatic heterocycles. The van der Waals surface area contributed by atoms with E-state index in [-0.39, 0.29) is 10.8 Å². The third-order valence-corrected chi connectivity index (χ3v) is 5.52. The topological polar surface area (TPSA) is 84.5 Å². The number of nitrogen functional groups attached to an aromatic ring is 1. The molecule has 2 rings (SSSR count). The van der Waals surface area contributed by atoms with E-state index >= 15 is 0 Å². The summed E-state index contributed by atoms with van der Waals surface area (Å²) in [7, 11) is 1.71. The number of nitrogens with zero attached hydrogens (tertiary/aromatic N) is 4. The second-order valence-electron chi connectivity index (χ2n) is 5.25. The van der Waals surface area contributed by atoms with Crippen LogP contribution >= 0.6 is 0 Å². The summed E-state index contributed by atoms with van der Waals surface area (Å²) < 4.78 is 27.8. The Morgan fingerprint density at radius 1 is 1.53 bits per heavy atom. The van der Waals surface area contributed by atoms with Gasteiger partial charge in [-0.3, -0.25) is 0 Å². The Balaban J connectivity index is 2.16. The van der Waals surface area contributed by atoms with Gasteiger partial charge in [-0.25, -0.2) is 13.4 Å². The minimum absolute atomic E-state index is 0.0536. The quantitative estimate of drug-likeness (QED) is 0.812. The van der Waals surface area contributed by atoms with Gasteiger partial charge in [0.1, 0.15) is 0 Å². The van der Waals surface area contributed by atoms with Crippen LogP contribution in [0.15, 0.2) is 11.4 Å². The predicted octanol–water partition coefficient (Wildman–Crippen LogP) is -0.425. The van der Waals surface area contributed by atoms with Gasteiger partial charge in [0.25, 0.3) is 10.0 Å². The van der Waals surface area contributed by atoms with Crippen LogP contribution < -0.4 is 5.73 Å². The van der Waals surface area contributed by atoms with Gasteiger partial charge in [-0.2, -0.15) is 4.31 Å². The van der Waals surface area contributed by atoms with Gasteiger partial charge < -0.3 is 15.2 Å². The highest BCUT2D eigenvalue weighted by molar-refractivity contribution is 7.89. The first-order valence-corrected chi connectivity index (χ1v) is 7.68. The molecule has 0 aromatic carbocycles. The van der Waals surface area contributed by atoms with Crippen LogP contribution in [0.1, 0.15) is 6.42 Å². The average Bonchev–Trinajstić information content (AvgIpc) is 2.85. The summed E-state index contributed by atoms with van der Waals surface area (Å²) in [4.78, 5) is 6.05. The number of anilines is 1. The van der Waals surface area contributed by atoms with Gasteiger partial charge in [0.05, 0.1) is 6.33 Å². The molecular weight excluding hydrogens is 266 g/mol. The maximum atomic E-state index is 12.5. The van der Waals surface area contributed by atoms with Crippen molar-refractivity contribution in [2.45, 2.75) is 11.4 Å². The van der Waals surface area contributed by atoms with Crippen LogP contribution in [0, 0.1) is 5.92 Å². The van der Waals surface area contributed by atoms with Gasteiger partial charge in [-0.15, -0.1) is 0 Å². The van der Waals surface area contributed by atoms with Crippen LogP contribution in [0.5, 0.6) is 0 Å². The molecule has 1 aromatic heterocycles. The van der Waals surface area contributed by atoms with Crippen LogP contribution in [-0.2, 0) is 17.1 Å². The van der Waals surface area contributed by atoms with Crippen molar-refractivity contribution in [1.29, 1.82) is 0 Å². The molecule has 8 heteroatoms. The summed E-state index contributed by atoms with van der Waals surface area (Å²) in [5.41, 5.74) is 5.65. The first-order chi connectivity index (χ1) is 8.82. The lowest BCUT2D eigenvalue weighted by Gasteiger charge is -2.21. The highest BCUT2D eigenvalue weighted by Crippen LogP contribution is 2.22. The Kier molecular flexibility index (Phi) is 3.84. The maximum absolute atomic E-state index is 12.5. The van der Waals surface area contributed by atoms with E-state index < -0.39 is 10.0 Å². The molecule has 108 valence electrons. The summed E-state index contributed by atoms with van der Waals surface area (Å²) in [6, 6.07) is 0. The molecule has 0 saturated carbocycles. The molecule has 1 fully saturated rings. The predicted molar refractivity (Wildman–Crippen MR) is 73.0 cm³/mol. The van der Waals surface area contributed by atoms with Crippen molar-refractivity contribution in [3.8, 4) is 0 Å². The van der Waals surface area contributed by atoms with Gasteiger partial charge in [0, 0.05) is 27.2 Å². The summed E-state index contributed by atoms with van der Waals surface area (Å²) in [6.07, 6.45) is 2.44. The largest absolute Gasteiger partial charge is 0.381 e. The number of aromatic nitrogens is 2. The van der Waals surface area contributed by atoms with Crippen LogP contribution in [0.2, 0.25) is 0 Å². The van der Waals surface area contributed by atoms with E-state index in [1.54, 1.807) is 14.1 Å². The van der Waals surface area contributed by atoms with Crippen molar-refractivity contribution in [2.75, 3.05) is 39.5 Å². The van der Waals surface area contributed by atoms with E-state index in [1.807, 2.05) is 7.05 Å². The second-order valence-corrected chi connectivity index (χ2v) is 7.21. The summed E-state index contributed by atoms with van der Waals surface area (Å²) >= 11 is 0. The first-order valence-electron chi connectivity index (χ1n) is 6.24. The summed E-state index contributed by atoms with van der Waals surface area (Å²) in [5, 5.41) is 0.0707. The molecule has 1 saturated heterocycles. The Bertz CT molecular complexity index is 534. The van der Waals surface area contributed by atoms with Gasteiger partial charge in [0.15, 0.2) is 10.8 Å². The number of hydrogen-bond acceptors (Lipinski definition) is 5. The van der Waals surface area contributed by atoms with Gasteiger partial charge in [-0.1, -0.05) is 0 Å². The Morgan fingerprint density at radius 3 is 2.68 bits per heavy atom. The standard InChI is InChI=1S/C11H21N5O2S/c1-14-5-4-9(6-14)7-16(3)19(17,18)11-10(12)13-8-15(11)2/h8-9H,4-7,12H2,1-3H3. The molecule has 1 atom stereocenters. The lowest BCUT2D eigenvalue weighted by atomic mass is 10.1. The van der Waals surface area contributed by atoms with Gasteiger partial charge >= 0.3 is 0 Å². The summed E-state index contributed by atoms with van der Waals surface area (Å²) in [5.74, 6) is 0.428. The van der Waals surface area contributed by atoms with E-state index in [4.69, 9.17) is 5.73 Å². The summed E-state index contributed by atoms with van der Waals surface area (Å²) in [6.45, 7) is 2.46. The fourth-order valence-corrected chi connectivity index (χ4v) is 3.97. The fraction of sp³-hybridized carbons (Fsp3) is 0.727. The van der Waals surface area contributed by atoms with Crippen molar-refractivity contribution < 1.29 is 8.42 Å². The SMILES string of the molecule is CN1CCC(CN(C)S(=O)(=O)c2c(N)ncn2C)C1. The van der Waals surface area contributed by atoms with Crippen LogP contribution in [0.3, 0.4) is 0 Å². The molecule has 2 N–H and O–H groups in total. The molecule has 0 aliphatic carbocycles. The molecule has 1 aromatic rings. The highest BCUT2D eigenvalue weighted by Gasteiger charge is 2.30. The lowest BCUT2D eigenvalue weighted by Crippen LogP contribution is -2.34. The average molecular weight is 287 g/mol. The van der Waals surface area contributed by atoms with E-state index in [9.17, 15) is 8.42 Å². The molecule has 1 aliphatic rings. The Hall–Kier alpha value is -1.12. The third-order valence-electron chi connectivity index (χ3n) is 3.57. The fourth-order valence-electron chi connectivity index (χ4n) is 2.54. The van der Waals surface area contributed by atoms with Gasteiger partial charge in [0.2, 0.25) is 0 Å². The molecule has 0 amide bonds. The van der Waals surface area contributed by atoms with E-state index in [0.717, 1.165) is 19.5 Å². The molecule has 0 bridgehead atoms. The molecule has 19 heavy (non-hydrogen) atoms. The molecule has 0 radical (unpaired) electrons. The number of sulfonamides is 1. The zero-order chi connectivity index (χ0) is 14.2. The molecular formula is C11H21N5O2S. The number of imidazole rings is 1. The molecule has 1 unspecified atom stereocenters. The maximum Gasteiger partial charge on any atom is 0.262 e. The third kappa shape index (κ3) is 2.75. The van der Waals surface area contributed by atoms with Crippen LogP contribution in [-0.4, -0.2) is 60.9 Å². The van der Waals surface area contributed by atoms with Crippen LogP contribution in [0.4, 0.5) is 5.82 Å². The van der Waals surface area contributed by atoms with Crippen molar-refractivity contribution in [3.05, 3.63) is 6.33 Å². The first kappa shape index (κ1) is 14.3. The molecule has 0 spiro atoms. The van der Waals surface area contributed by atoms with Gasteiger partial charge in [-0.05, 0) is 25.9 Å². The van der Waals surface area contributed by atoms with Crippen LogP contribution in [0.25, 0.3) is 0 Å². The van der Waals surface area contributed by atoms with Crippen molar-refractivity contribution in [2.24, 2.45) is 13.0 Å². The minimum Gasteiger partial charge on any atom is -0.381 e. The number of rotatable bonds is 4. The number of aryl methyl sites for hydroxylation is 1. The number of nitrogens with two attached hydrogens (primary N) is 1. The van der Waals surface area contributed by atoms with E-state index in [1.165, 1.54) is 15.2 Å². The number of likely N-dealkylation sites (tertiary alicyclic amines) is 1. The normalized spacial score (nSPS) is 21.4. The zero-order valence-electron chi connectivity index (χ0n) is 11.6. The minimum atomic E-state index is -3.57. The van der Waals surface area contributed by atoms with E-state index in [0.29, 0.717) is 12.5 Å². The number of hydrogen-bond donors (Lipinski definition) is 1. The van der Waals surface area contributed by atoms with E-state index in [2.05, 4.69) is 9.88 Å². The van der Waals surface area contributed by atoms with Crippen molar-refractivity contribution >= 4 is 15.8 Å². The molecule has 7 nitrogen and oxygen atoms in total. The lowest BCUT2D eigenvalue weighted by molar-refractivity contribution is 0.355. The Morgan fingerprint density at radius 2 is 2.21 bits per heavy atom. The smallest absolute Gasteiger partial charge is 0.262 e.